The number of nitrogens with one attached hydrogen (secondary N) is 1. The molecular formula is C20H20N4O. The van der Waals surface area contributed by atoms with E-state index in [4.69, 9.17) is 9.72 Å². The third-order valence-electron chi connectivity index (χ3n) is 4.39. The molecule has 2 aromatic carbocycles. The summed E-state index contributed by atoms with van der Waals surface area (Å²) in [4.78, 5) is 4.79. The molecule has 0 bridgehead atoms. The topological polar surface area (TPSA) is 51.5 Å². The summed E-state index contributed by atoms with van der Waals surface area (Å²) in [5.74, 6) is 1.72. The van der Waals surface area contributed by atoms with Gasteiger partial charge in [0.05, 0.1) is 24.4 Å². The third kappa shape index (κ3) is 2.67. The minimum absolute atomic E-state index is 0.0542. The van der Waals surface area contributed by atoms with Gasteiger partial charge in [0.1, 0.15) is 11.6 Å². The molecule has 0 saturated heterocycles. The van der Waals surface area contributed by atoms with Crippen LogP contribution in [0.4, 0.5) is 5.82 Å². The highest BCUT2D eigenvalue weighted by Gasteiger charge is 2.15. The van der Waals surface area contributed by atoms with Crippen LogP contribution >= 0.6 is 0 Å². The van der Waals surface area contributed by atoms with Gasteiger partial charge in [0.15, 0.2) is 5.65 Å². The van der Waals surface area contributed by atoms with Crippen molar-refractivity contribution in [3.63, 3.8) is 0 Å². The van der Waals surface area contributed by atoms with Gasteiger partial charge in [0.25, 0.3) is 0 Å². The van der Waals surface area contributed by atoms with Gasteiger partial charge in [-0.1, -0.05) is 30.3 Å². The molecule has 126 valence electrons. The molecule has 5 nitrogen and oxygen atoms in total. The highest BCUT2D eigenvalue weighted by Crippen LogP contribution is 2.30. The van der Waals surface area contributed by atoms with E-state index < -0.39 is 0 Å². The van der Waals surface area contributed by atoms with Crippen LogP contribution in [0.5, 0.6) is 5.75 Å². The summed E-state index contributed by atoms with van der Waals surface area (Å²) in [5.41, 5.74) is 3.93. The fourth-order valence-corrected chi connectivity index (χ4v) is 3.19. The molecule has 0 aliphatic heterocycles. The van der Waals surface area contributed by atoms with E-state index in [1.807, 2.05) is 47.8 Å². The number of para-hydroxylation sites is 2. The molecule has 0 saturated carbocycles. The second-order valence-corrected chi connectivity index (χ2v) is 6.14. The molecule has 1 N–H and O–H groups in total. The number of aromatic nitrogens is 3. The van der Waals surface area contributed by atoms with Gasteiger partial charge in [-0.3, -0.25) is 0 Å². The first-order valence-corrected chi connectivity index (χ1v) is 8.32. The van der Waals surface area contributed by atoms with Crippen molar-refractivity contribution in [2.24, 2.45) is 0 Å². The zero-order valence-electron chi connectivity index (χ0n) is 14.5. The lowest BCUT2D eigenvalue weighted by Gasteiger charge is -2.19. The average Bonchev–Trinajstić information content (AvgIpc) is 3.02. The lowest BCUT2D eigenvalue weighted by molar-refractivity contribution is 0.408. The van der Waals surface area contributed by atoms with Gasteiger partial charge in [-0.25, -0.2) is 9.50 Å². The fraction of sp³-hybridized carbons (Fsp3) is 0.200. The molecule has 4 rings (SSSR count). The highest BCUT2D eigenvalue weighted by molar-refractivity contribution is 5.91. The van der Waals surface area contributed by atoms with Gasteiger partial charge in [0, 0.05) is 17.0 Å². The molecule has 4 aromatic rings. The van der Waals surface area contributed by atoms with Crippen LogP contribution in [0.25, 0.3) is 16.6 Å². The second kappa shape index (κ2) is 6.09. The van der Waals surface area contributed by atoms with Crippen LogP contribution in [-0.4, -0.2) is 21.7 Å². The first-order valence-electron chi connectivity index (χ1n) is 8.32. The number of ether oxygens (including phenoxy) is 1. The Morgan fingerprint density at radius 1 is 1.08 bits per heavy atom. The van der Waals surface area contributed by atoms with Crippen LogP contribution < -0.4 is 10.1 Å². The zero-order chi connectivity index (χ0) is 17.4. The first kappa shape index (κ1) is 15.4. The maximum atomic E-state index is 5.49. The van der Waals surface area contributed by atoms with Crippen molar-refractivity contribution in [2.75, 3.05) is 12.4 Å². The predicted octanol–water partition coefficient (Wildman–Crippen LogP) is 4.37. The average molecular weight is 332 g/mol. The molecule has 0 fully saturated rings. The van der Waals surface area contributed by atoms with E-state index in [1.54, 1.807) is 7.11 Å². The van der Waals surface area contributed by atoms with E-state index in [-0.39, 0.29) is 6.04 Å². The number of hydrogen-bond acceptors (Lipinski definition) is 4. The van der Waals surface area contributed by atoms with Crippen molar-refractivity contribution in [1.82, 2.24) is 14.6 Å². The number of anilines is 1. The smallest absolute Gasteiger partial charge is 0.158 e. The van der Waals surface area contributed by atoms with Gasteiger partial charge in [-0.05, 0) is 32.0 Å². The van der Waals surface area contributed by atoms with E-state index in [0.29, 0.717) is 0 Å². The number of hydrogen-bond donors (Lipinski definition) is 1. The lowest BCUT2D eigenvalue weighted by Crippen LogP contribution is -2.10. The maximum absolute atomic E-state index is 5.49. The van der Waals surface area contributed by atoms with Crippen LogP contribution in [0.1, 0.15) is 24.2 Å². The predicted molar refractivity (Wildman–Crippen MR) is 100 cm³/mol. The quantitative estimate of drug-likeness (QED) is 0.603. The molecule has 0 unspecified atom stereocenters. The summed E-state index contributed by atoms with van der Waals surface area (Å²) in [6, 6.07) is 18.3. The molecule has 0 aliphatic carbocycles. The molecule has 2 heterocycles. The zero-order valence-corrected chi connectivity index (χ0v) is 14.5. The molecule has 25 heavy (non-hydrogen) atoms. The Bertz CT molecular complexity index is 1050. The van der Waals surface area contributed by atoms with Crippen molar-refractivity contribution < 1.29 is 4.74 Å². The number of fused-ring (bicyclic) bond motifs is 3. The third-order valence-corrected chi connectivity index (χ3v) is 4.39. The minimum Gasteiger partial charge on any atom is -0.496 e. The van der Waals surface area contributed by atoms with Crippen LogP contribution in [0, 0.1) is 6.92 Å². The molecule has 5 heteroatoms. The van der Waals surface area contributed by atoms with Crippen molar-refractivity contribution in [2.45, 2.75) is 19.9 Å². The Labute approximate surface area is 146 Å². The van der Waals surface area contributed by atoms with E-state index in [0.717, 1.165) is 39.4 Å². The molecule has 0 spiro atoms. The summed E-state index contributed by atoms with van der Waals surface area (Å²) in [5, 5.41) is 9.14. The Hall–Kier alpha value is -3.08. The first-order chi connectivity index (χ1) is 12.2. The van der Waals surface area contributed by atoms with Gasteiger partial charge in [-0.15, -0.1) is 0 Å². The Morgan fingerprint density at radius 2 is 1.84 bits per heavy atom. The molecule has 2 aromatic heterocycles. The van der Waals surface area contributed by atoms with Crippen LogP contribution in [0.2, 0.25) is 0 Å². The van der Waals surface area contributed by atoms with E-state index in [9.17, 15) is 0 Å². The molecule has 0 amide bonds. The SMILES string of the molecule is COc1ccccc1[C@@H](C)Nc1nc2cc(C)nn2c2ccccc12. The number of benzene rings is 2. The summed E-state index contributed by atoms with van der Waals surface area (Å²) in [7, 11) is 1.69. The normalized spacial score (nSPS) is 12.4. The molecule has 1 atom stereocenters. The largest absolute Gasteiger partial charge is 0.496 e. The van der Waals surface area contributed by atoms with Crippen molar-refractivity contribution in [3.05, 3.63) is 65.9 Å². The van der Waals surface area contributed by atoms with Gasteiger partial charge in [-0.2, -0.15) is 5.10 Å². The number of methoxy groups -OCH3 is 1. The van der Waals surface area contributed by atoms with Crippen LogP contribution in [0.15, 0.2) is 54.6 Å². The minimum atomic E-state index is 0.0542. The highest BCUT2D eigenvalue weighted by atomic mass is 16.5. The fourth-order valence-electron chi connectivity index (χ4n) is 3.19. The monoisotopic (exact) mass is 332 g/mol. The lowest BCUT2D eigenvalue weighted by atomic mass is 10.1. The number of nitrogens with zero attached hydrogens (tertiary/aromatic N) is 3. The summed E-state index contributed by atoms with van der Waals surface area (Å²) >= 11 is 0. The van der Waals surface area contributed by atoms with Crippen LogP contribution in [0.3, 0.4) is 0 Å². The van der Waals surface area contributed by atoms with Crippen molar-refractivity contribution in [3.8, 4) is 5.75 Å². The second-order valence-electron chi connectivity index (χ2n) is 6.14. The van der Waals surface area contributed by atoms with E-state index in [2.05, 4.69) is 35.5 Å². The van der Waals surface area contributed by atoms with E-state index >= 15 is 0 Å². The van der Waals surface area contributed by atoms with Crippen molar-refractivity contribution in [1.29, 1.82) is 0 Å². The summed E-state index contributed by atoms with van der Waals surface area (Å²) < 4.78 is 7.38. The van der Waals surface area contributed by atoms with Gasteiger partial charge in [0.2, 0.25) is 0 Å². The number of rotatable bonds is 4. The molecule has 0 radical (unpaired) electrons. The molecular weight excluding hydrogens is 312 g/mol. The standard InChI is InChI=1S/C20H20N4O/c1-13-12-19-22-20(16-9-4-6-10-17(16)24(19)23-13)21-14(2)15-8-5-7-11-18(15)25-3/h4-12,14H,1-3H3,(H,21,22)/t14-/m1/s1. The Kier molecular flexibility index (Phi) is 3.76. The van der Waals surface area contributed by atoms with Crippen molar-refractivity contribution >= 4 is 22.4 Å². The maximum Gasteiger partial charge on any atom is 0.158 e. The van der Waals surface area contributed by atoms with E-state index in [1.165, 1.54) is 0 Å². The Balaban J connectivity index is 1.82. The molecule has 0 aliphatic rings. The Morgan fingerprint density at radius 3 is 2.68 bits per heavy atom. The summed E-state index contributed by atoms with van der Waals surface area (Å²) in [6.07, 6.45) is 0. The van der Waals surface area contributed by atoms with Crippen LogP contribution in [-0.2, 0) is 0 Å². The van der Waals surface area contributed by atoms with Gasteiger partial charge >= 0.3 is 0 Å². The number of aryl methyl sites for hydroxylation is 1. The van der Waals surface area contributed by atoms with Gasteiger partial charge < -0.3 is 10.1 Å². The summed E-state index contributed by atoms with van der Waals surface area (Å²) in [6.45, 7) is 4.09.